The van der Waals surface area contributed by atoms with E-state index in [1.807, 2.05) is 43.3 Å². The maximum absolute atomic E-state index is 12.5. The van der Waals surface area contributed by atoms with Gasteiger partial charge in [0.2, 0.25) is 0 Å². The summed E-state index contributed by atoms with van der Waals surface area (Å²) in [5, 5.41) is 12.5. The number of nitrogens with one attached hydrogen (secondary N) is 1. The topological polar surface area (TPSA) is 75.9 Å². The third kappa shape index (κ3) is 5.37. The molecular weight excluding hydrogens is 412 g/mol. The number of hydrogen-bond acceptors (Lipinski definition) is 5. The van der Waals surface area contributed by atoms with Crippen molar-refractivity contribution >= 4 is 23.6 Å². The minimum Gasteiger partial charge on any atom is -0.342 e. The summed E-state index contributed by atoms with van der Waals surface area (Å²) in [5.41, 5.74) is 1.62. The maximum atomic E-state index is 12.5. The fraction of sp³-hybridized carbons (Fsp3) is 0.304. The Morgan fingerprint density at radius 3 is 2.77 bits per heavy atom. The van der Waals surface area contributed by atoms with Crippen LogP contribution in [0.15, 0.2) is 59.9 Å². The van der Waals surface area contributed by atoms with Crippen LogP contribution in [0.5, 0.6) is 0 Å². The number of fused-ring (bicyclic) bond motifs is 1. The van der Waals surface area contributed by atoms with Gasteiger partial charge < -0.3 is 9.88 Å². The fourth-order valence-electron chi connectivity index (χ4n) is 3.70. The second-order valence-electron chi connectivity index (χ2n) is 7.59. The van der Waals surface area contributed by atoms with E-state index in [0.717, 1.165) is 48.3 Å². The zero-order chi connectivity index (χ0) is 21.6. The highest BCUT2D eigenvalue weighted by atomic mass is 35.5. The Morgan fingerprint density at radius 2 is 2.00 bits per heavy atom. The zero-order valence-electron chi connectivity index (χ0n) is 17.4. The number of benzene rings is 1. The van der Waals surface area contributed by atoms with Crippen molar-refractivity contribution in [2.45, 2.75) is 25.9 Å². The summed E-state index contributed by atoms with van der Waals surface area (Å²) in [6.07, 6.45) is 5.99. The van der Waals surface area contributed by atoms with Gasteiger partial charge in [-0.25, -0.2) is 0 Å². The zero-order valence-corrected chi connectivity index (χ0v) is 18.2. The second-order valence-corrected chi connectivity index (χ2v) is 8.08. The standard InChI is InChI=1S/C23H25ClN6O/c1-17(26-23(31)19-8-5-10-25-15-19)22-28-27-21-9-11-29(12-13-30(21)22)16-20(24)14-18-6-3-2-4-7-18/h2-8,10,14-15,17H,9,11-13,16H2,1H3,(H,26,31). The first-order chi connectivity index (χ1) is 15.1. The normalized spacial score (nSPS) is 15.7. The molecule has 1 amide bonds. The first-order valence-electron chi connectivity index (χ1n) is 10.4. The van der Waals surface area contributed by atoms with Gasteiger partial charge in [-0.1, -0.05) is 41.9 Å². The highest BCUT2D eigenvalue weighted by Gasteiger charge is 2.23. The van der Waals surface area contributed by atoms with Gasteiger partial charge in [-0.15, -0.1) is 10.2 Å². The van der Waals surface area contributed by atoms with Crippen molar-refractivity contribution in [1.29, 1.82) is 0 Å². The molecule has 4 rings (SSSR count). The number of carbonyl (C=O) groups is 1. The Labute approximate surface area is 186 Å². The molecule has 160 valence electrons. The molecule has 31 heavy (non-hydrogen) atoms. The Kier molecular flexibility index (Phi) is 6.74. The molecule has 1 N–H and O–H groups in total. The van der Waals surface area contributed by atoms with Crippen molar-refractivity contribution < 1.29 is 4.79 Å². The molecule has 1 unspecified atom stereocenters. The Bertz CT molecular complexity index is 1050. The van der Waals surface area contributed by atoms with Crippen molar-refractivity contribution in [3.05, 3.63) is 82.7 Å². The van der Waals surface area contributed by atoms with E-state index in [-0.39, 0.29) is 11.9 Å². The van der Waals surface area contributed by atoms with Crippen LogP contribution in [0, 0.1) is 0 Å². The van der Waals surface area contributed by atoms with E-state index in [1.54, 1.807) is 24.5 Å². The van der Waals surface area contributed by atoms with Gasteiger partial charge in [-0.3, -0.25) is 14.7 Å². The molecule has 7 nitrogen and oxygen atoms in total. The molecule has 0 saturated carbocycles. The molecule has 1 aliphatic rings. The van der Waals surface area contributed by atoms with Crippen molar-refractivity contribution in [3.63, 3.8) is 0 Å². The van der Waals surface area contributed by atoms with Gasteiger partial charge in [0.1, 0.15) is 5.82 Å². The maximum Gasteiger partial charge on any atom is 0.253 e. The third-order valence-corrected chi connectivity index (χ3v) is 5.53. The molecule has 1 atom stereocenters. The number of carbonyl (C=O) groups excluding carboxylic acids is 1. The number of nitrogens with zero attached hydrogens (tertiary/aromatic N) is 5. The van der Waals surface area contributed by atoms with Crippen LogP contribution in [0.25, 0.3) is 6.08 Å². The van der Waals surface area contributed by atoms with Crippen molar-refractivity contribution in [3.8, 4) is 0 Å². The van der Waals surface area contributed by atoms with Crippen molar-refractivity contribution in [2.24, 2.45) is 0 Å². The number of halogens is 1. The van der Waals surface area contributed by atoms with Gasteiger partial charge in [0.15, 0.2) is 5.82 Å². The smallest absolute Gasteiger partial charge is 0.253 e. The van der Waals surface area contributed by atoms with Crippen LogP contribution in [-0.2, 0) is 13.0 Å². The number of hydrogen-bond donors (Lipinski definition) is 1. The van der Waals surface area contributed by atoms with Gasteiger partial charge in [-0.05, 0) is 30.7 Å². The largest absolute Gasteiger partial charge is 0.342 e. The summed E-state index contributed by atoms with van der Waals surface area (Å²) >= 11 is 6.52. The lowest BCUT2D eigenvalue weighted by Crippen LogP contribution is -2.30. The van der Waals surface area contributed by atoms with Crippen LogP contribution in [0.1, 0.15) is 40.5 Å². The van der Waals surface area contributed by atoms with E-state index in [2.05, 4.69) is 30.0 Å². The Balaban J connectivity index is 1.39. The first kappa shape index (κ1) is 21.2. The first-order valence-corrected chi connectivity index (χ1v) is 10.7. The number of rotatable bonds is 6. The summed E-state index contributed by atoms with van der Waals surface area (Å²) in [6.45, 7) is 5.05. The van der Waals surface area contributed by atoms with Gasteiger partial charge in [0, 0.05) is 50.0 Å². The molecule has 0 bridgehead atoms. The number of pyridine rings is 1. The van der Waals surface area contributed by atoms with E-state index < -0.39 is 0 Å². The minimum atomic E-state index is -0.262. The van der Waals surface area contributed by atoms with Crippen molar-refractivity contribution in [2.75, 3.05) is 19.6 Å². The lowest BCUT2D eigenvalue weighted by atomic mass is 10.2. The fourth-order valence-corrected chi connectivity index (χ4v) is 3.99. The molecule has 0 saturated heterocycles. The highest BCUT2D eigenvalue weighted by molar-refractivity contribution is 6.31. The SMILES string of the molecule is CC(NC(=O)c1cccnc1)c1nnc2n1CCN(CC(Cl)=Cc1ccccc1)CC2. The predicted octanol–water partition coefficient (Wildman–Crippen LogP) is 3.30. The lowest BCUT2D eigenvalue weighted by Gasteiger charge is -2.19. The summed E-state index contributed by atoms with van der Waals surface area (Å²) in [5.74, 6) is 1.52. The van der Waals surface area contributed by atoms with Crippen LogP contribution < -0.4 is 5.32 Å². The van der Waals surface area contributed by atoms with E-state index >= 15 is 0 Å². The van der Waals surface area contributed by atoms with E-state index in [0.29, 0.717) is 12.1 Å². The van der Waals surface area contributed by atoms with Gasteiger partial charge >= 0.3 is 0 Å². The molecule has 2 aromatic heterocycles. The van der Waals surface area contributed by atoms with Crippen LogP contribution in [0.2, 0.25) is 0 Å². The molecule has 3 heterocycles. The van der Waals surface area contributed by atoms with Gasteiger partial charge in [0.05, 0.1) is 11.6 Å². The molecule has 1 aromatic carbocycles. The Hall–Kier alpha value is -3.03. The summed E-state index contributed by atoms with van der Waals surface area (Å²) < 4.78 is 2.11. The highest BCUT2D eigenvalue weighted by Crippen LogP contribution is 2.18. The molecule has 0 radical (unpaired) electrons. The summed E-state index contributed by atoms with van der Waals surface area (Å²) in [4.78, 5) is 18.8. The van der Waals surface area contributed by atoms with Crippen LogP contribution in [0.3, 0.4) is 0 Å². The average Bonchev–Trinajstić information content (AvgIpc) is 3.10. The monoisotopic (exact) mass is 436 g/mol. The number of amides is 1. The van der Waals surface area contributed by atoms with Gasteiger partial charge in [-0.2, -0.15) is 0 Å². The average molecular weight is 437 g/mol. The van der Waals surface area contributed by atoms with Crippen LogP contribution in [0.4, 0.5) is 0 Å². The number of aromatic nitrogens is 4. The molecule has 3 aromatic rings. The van der Waals surface area contributed by atoms with Crippen LogP contribution >= 0.6 is 11.6 Å². The summed E-state index contributed by atoms with van der Waals surface area (Å²) in [6, 6.07) is 13.3. The predicted molar refractivity (Wildman–Crippen MR) is 121 cm³/mol. The quantitative estimate of drug-likeness (QED) is 0.641. The third-order valence-electron chi connectivity index (χ3n) is 5.30. The van der Waals surface area contributed by atoms with Crippen LogP contribution in [-0.4, -0.2) is 50.2 Å². The van der Waals surface area contributed by atoms with E-state index in [4.69, 9.17) is 11.6 Å². The molecule has 0 spiro atoms. The van der Waals surface area contributed by atoms with Crippen molar-refractivity contribution in [1.82, 2.24) is 30.0 Å². The molecular formula is C23H25ClN6O. The molecule has 0 fully saturated rings. The lowest BCUT2D eigenvalue weighted by molar-refractivity contribution is 0.0937. The Morgan fingerprint density at radius 1 is 1.16 bits per heavy atom. The van der Waals surface area contributed by atoms with E-state index in [9.17, 15) is 4.79 Å². The summed E-state index contributed by atoms with van der Waals surface area (Å²) in [7, 11) is 0. The minimum absolute atomic E-state index is 0.175. The molecule has 8 heteroatoms. The van der Waals surface area contributed by atoms with E-state index in [1.165, 1.54) is 0 Å². The van der Waals surface area contributed by atoms with Gasteiger partial charge in [0.25, 0.3) is 5.91 Å². The second kappa shape index (κ2) is 9.85. The molecule has 0 aliphatic carbocycles. The molecule has 1 aliphatic heterocycles.